The molecule has 0 aliphatic rings. The summed E-state index contributed by atoms with van der Waals surface area (Å²) in [4.78, 5) is 1.34. The second kappa shape index (κ2) is 6.31. The number of hydrogen-bond donors (Lipinski definition) is 2. The maximum absolute atomic E-state index is 5.62. The molecule has 1 aromatic carbocycles. The SMILES string of the molecule is NCc1cccc(CNCc2ccc(Br)s2)c1. The lowest BCUT2D eigenvalue weighted by Gasteiger charge is -2.05. The van der Waals surface area contributed by atoms with Gasteiger partial charge in [0.1, 0.15) is 0 Å². The summed E-state index contributed by atoms with van der Waals surface area (Å²) in [7, 11) is 0. The predicted octanol–water partition coefficient (Wildman–Crippen LogP) is 3.26. The van der Waals surface area contributed by atoms with E-state index in [1.807, 2.05) is 0 Å². The molecular formula is C13H15BrN2S. The highest BCUT2D eigenvalue weighted by molar-refractivity contribution is 9.11. The van der Waals surface area contributed by atoms with Gasteiger partial charge < -0.3 is 11.1 Å². The highest BCUT2D eigenvalue weighted by Crippen LogP contribution is 2.21. The normalized spacial score (nSPS) is 10.7. The van der Waals surface area contributed by atoms with Gasteiger partial charge >= 0.3 is 0 Å². The lowest BCUT2D eigenvalue weighted by Crippen LogP contribution is -2.12. The molecule has 0 atom stereocenters. The van der Waals surface area contributed by atoms with Crippen LogP contribution in [0.15, 0.2) is 40.2 Å². The van der Waals surface area contributed by atoms with Crippen molar-refractivity contribution in [1.29, 1.82) is 0 Å². The molecule has 0 aliphatic carbocycles. The van der Waals surface area contributed by atoms with E-state index >= 15 is 0 Å². The molecule has 0 saturated carbocycles. The fraction of sp³-hybridized carbons (Fsp3) is 0.231. The van der Waals surface area contributed by atoms with Gasteiger partial charge in [0.05, 0.1) is 3.79 Å². The molecule has 2 nitrogen and oxygen atoms in total. The first-order chi connectivity index (χ1) is 8.28. The minimum Gasteiger partial charge on any atom is -0.326 e. The van der Waals surface area contributed by atoms with E-state index in [0.29, 0.717) is 6.54 Å². The Balaban J connectivity index is 1.85. The van der Waals surface area contributed by atoms with E-state index in [9.17, 15) is 0 Å². The number of halogens is 1. The Hall–Kier alpha value is -0.680. The molecule has 0 aliphatic heterocycles. The van der Waals surface area contributed by atoms with Crippen molar-refractivity contribution in [3.63, 3.8) is 0 Å². The molecule has 1 heterocycles. The zero-order valence-electron chi connectivity index (χ0n) is 9.45. The van der Waals surface area contributed by atoms with Crippen LogP contribution < -0.4 is 11.1 Å². The summed E-state index contributed by atoms with van der Waals surface area (Å²) < 4.78 is 1.18. The Morgan fingerprint density at radius 1 is 1.12 bits per heavy atom. The Kier molecular flexibility index (Phi) is 4.74. The van der Waals surface area contributed by atoms with Crippen LogP contribution >= 0.6 is 27.3 Å². The van der Waals surface area contributed by atoms with Gasteiger partial charge in [-0.2, -0.15) is 0 Å². The quantitative estimate of drug-likeness (QED) is 0.889. The minimum absolute atomic E-state index is 0.603. The monoisotopic (exact) mass is 310 g/mol. The van der Waals surface area contributed by atoms with Crippen molar-refractivity contribution < 1.29 is 0 Å². The highest BCUT2D eigenvalue weighted by Gasteiger charge is 1.98. The molecule has 0 saturated heterocycles. The molecule has 0 amide bonds. The molecule has 3 N–H and O–H groups in total. The van der Waals surface area contributed by atoms with Crippen molar-refractivity contribution in [3.05, 3.63) is 56.2 Å². The second-order valence-electron chi connectivity index (χ2n) is 3.83. The van der Waals surface area contributed by atoms with Crippen LogP contribution in [0.3, 0.4) is 0 Å². The van der Waals surface area contributed by atoms with Crippen LogP contribution in [0.4, 0.5) is 0 Å². The summed E-state index contributed by atoms with van der Waals surface area (Å²) in [5.74, 6) is 0. The average Bonchev–Trinajstić information content (AvgIpc) is 2.75. The van der Waals surface area contributed by atoms with Crippen molar-refractivity contribution in [1.82, 2.24) is 5.32 Å². The Morgan fingerprint density at radius 3 is 2.65 bits per heavy atom. The van der Waals surface area contributed by atoms with Crippen molar-refractivity contribution in [2.24, 2.45) is 5.73 Å². The average molecular weight is 311 g/mol. The molecule has 0 radical (unpaired) electrons. The van der Waals surface area contributed by atoms with Gasteiger partial charge in [0, 0.05) is 24.5 Å². The zero-order chi connectivity index (χ0) is 12.1. The molecule has 1 aromatic heterocycles. The Morgan fingerprint density at radius 2 is 1.94 bits per heavy atom. The topological polar surface area (TPSA) is 38.0 Å². The Labute approximate surface area is 114 Å². The number of rotatable bonds is 5. The van der Waals surface area contributed by atoms with Gasteiger partial charge in [-0.25, -0.2) is 0 Å². The van der Waals surface area contributed by atoms with Crippen LogP contribution in [0.1, 0.15) is 16.0 Å². The number of benzene rings is 1. The van der Waals surface area contributed by atoms with Gasteiger partial charge in [0.15, 0.2) is 0 Å². The van der Waals surface area contributed by atoms with E-state index in [1.165, 1.54) is 19.8 Å². The summed E-state index contributed by atoms with van der Waals surface area (Å²) in [6.07, 6.45) is 0. The van der Waals surface area contributed by atoms with Crippen LogP contribution in [0, 0.1) is 0 Å². The van der Waals surface area contributed by atoms with Gasteiger partial charge in [-0.3, -0.25) is 0 Å². The van der Waals surface area contributed by atoms with Crippen LogP contribution in [0.5, 0.6) is 0 Å². The Bertz CT molecular complexity index is 482. The summed E-state index contributed by atoms with van der Waals surface area (Å²) in [5, 5.41) is 3.43. The van der Waals surface area contributed by atoms with E-state index in [1.54, 1.807) is 11.3 Å². The molecule has 0 bridgehead atoms. The van der Waals surface area contributed by atoms with Crippen LogP contribution in [0.2, 0.25) is 0 Å². The van der Waals surface area contributed by atoms with Gasteiger partial charge in [-0.05, 0) is 39.2 Å². The van der Waals surface area contributed by atoms with Crippen molar-refractivity contribution in [3.8, 4) is 0 Å². The highest BCUT2D eigenvalue weighted by atomic mass is 79.9. The van der Waals surface area contributed by atoms with E-state index in [-0.39, 0.29) is 0 Å². The lowest BCUT2D eigenvalue weighted by atomic mass is 10.1. The molecule has 0 unspecified atom stereocenters. The largest absolute Gasteiger partial charge is 0.326 e. The second-order valence-corrected chi connectivity index (χ2v) is 6.38. The number of nitrogens with two attached hydrogens (primary N) is 1. The van der Waals surface area contributed by atoms with Crippen molar-refractivity contribution >= 4 is 27.3 Å². The first kappa shape index (κ1) is 12.8. The number of nitrogens with one attached hydrogen (secondary N) is 1. The molecule has 2 rings (SSSR count). The first-order valence-electron chi connectivity index (χ1n) is 5.51. The molecule has 0 fully saturated rings. The predicted molar refractivity (Wildman–Crippen MR) is 76.9 cm³/mol. The third-order valence-electron chi connectivity index (χ3n) is 2.48. The fourth-order valence-corrected chi connectivity index (χ4v) is 3.10. The first-order valence-corrected chi connectivity index (χ1v) is 7.11. The van der Waals surface area contributed by atoms with Crippen LogP contribution in [-0.4, -0.2) is 0 Å². The maximum atomic E-state index is 5.62. The third-order valence-corrected chi connectivity index (χ3v) is 4.11. The summed E-state index contributed by atoms with van der Waals surface area (Å²) in [6, 6.07) is 12.6. The van der Waals surface area contributed by atoms with Crippen LogP contribution in [-0.2, 0) is 19.6 Å². The number of hydrogen-bond acceptors (Lipinski definition) is 3. The summed E-state index contributed by atoms with van der Waals surface area (Å²) in [6.45, 7) is 2.39. The third kappa shape index (κ3) is 3.92. The van der Waals surface area contributed by atoms with Gasteiger partial charge in [-0.1, -0.05) is 24.3 Å². The van der Waals surface area contributed by atoms with Crippen LogP contribution in [0.25, 0.3) is 0 Å². The summed E-state index contributed by atoms with van der Waals surface area (Å²) >= 11 is 5.23. The van der Waals surface area contributed by atoms with E-state index in [2.05, 4.69) is 57.6 Å². The molecule has 0 spiro atoms. The molecular weight excluding hydrogens is 296 g/mol. The molecule has 90 valence electrons. The standard InChI is InChI=1S/C13H15BrN2S/c14-13-5-4-12(17-13)9-16-8-11-3-1-2-10(6-11)7-15/h1-6,16H,7-9,15H2. The smallest absolute Gasteiger partial charge is 0.0701 e. The van der Waals surface area contributed by atoms with E-state index in [0.717, 1.165) is 13.1 Å². The van der Waals surface area contributed by atoms with Gasteiger partial charge in [-0.15, -0.1) is 11.3 Å². The zero-order valence-corrected chi connectivity index (χ0v) is 11.9. The maximum Gasteiger partial charge on any atom is 0.0701 e. The van der Waals surface area contributed by atoms with Crippen molar-refractivity contribution in [2.45, 2.75) is 19.6 Å². The lowest BCUT2D eigenvalue weighted by molar-refractivity contribution is 0.700. The minimum atomic E-state index is 0.603. The summed E-state index contributed by atoms with van der Waals surface area (Å²) in [5.41, 5.74) is 8.08. The van der Waals surface area contributed by atoms with E-state index in [4.69, 9.17) is 5.73 Å². The fourth-order valence-electron chi connectivity index (χ4n) is 1.64. The molecule has 4 heteroatoms. The van der Waals surface area contributed by atoms with Gasteiger partial charge in [0.2, 0.25) is 0 Å². The molecule has 2 aromatic rings. The van der Waals surface area contributed by atoms with Crippen molar-refractivity contribution in [2.75, 3.05) is 0 Å². The van der Waals surface area contributed by atoms with E-state index < -0.39 is 0 Å². The number of thiophene rings is 1. The molecule has 17 heavy (non-hydrogen) atoms. The van der Waals surface area contributed by atoms with Gasteiger partial charge in [0.25, 0.3) is 0 Å².